The van der Waals surface area contributed by atoms with Crippen LogP contribution in [0.15, 0.2) is 58.6 Å². The molecule has 1 aromatic rings. The molecule has 5 heteroatoms. The number of aryl methyl sites for hydroxylation is 1. The van der Waals surface area contributed by atoms with Crippen molar-refractivity contribution in [3.05, 3.63) is 54.1 Å². The summed E-state index contributed by atoms with van der Waals surface area (Å²) in [7, 11) is 0. The minimum absolute atomic E-state index is 0.107. The van der Waals surface area contributed by atoms with Crippen molar-refractivity contribution in [3.8, 4) is 0 Å². The fourth-order valence-electron chi connectivity index (χ4n) is 3.10. The summed E-state index contributed by atoms with van der Waals surface area (Å²) in [5.41, 5.74) is 3.54. The van der Waals surface area contributed by atoms with Crippen molar-refractivity contribution in [2.75, 3.05) is 24.5 Å². The maximum Gasteiger partial charge on any atom is 0.198 e. The van der Waals surface area contributed by atoms with Crippen LogP contribution in [0.3, 0.4) is 0 Å². The highest BCUT2D eigenvalue weighted by Gasteiger charge is 2.24. The number of hydrogen-bond acceptors (Lipinski definition) is 3. The third-order valence-electron chi connectivity index (χ3n) is 4.38. The second kappa shape index (κ2) is 8.21. The van der Waals surface area contributed by atoms with Crippen LogP contribution in [0.4, 0.5) is 5.69 Å². The average Bonchev–Trinajstić information content (AvgIpc) is 2.61. The number of allylic oxidation sites excluding steroid dienone is 3. The van der Waals surface area contributed by atoms with E-state index in [2.05, 4.69) is 59.4 Å². The lowest BCUT2D eigenvalue weighted by molar-refractivity contribution is 0.751. The van der Waals surface area contributed by atoms with Crippen LogP contribution < -0.4 is 10.2 Å². The fraction of sp³-hybridized carbons (Fsp3) is 0.350. The number of fused-ring (bicyclic) bond motifs is 1. The molecule has 0 fully saturated rings. The predicted octanol–water partition coefficient (Wildman–Crippen LogP) is 3.68. The highest BCUT2D eigenvalue weighted by molar-refractivity contribution is 7.80. The zero-order valence-electron chi connectivity index (χ0n) is 14.8. The fourth-order valence-corrected chi connectivity index (χ4v) is 3.31. The minimum Gasteiger partial charge on any atom is -0.372 e. The van der Waals surface area contributed by atoms with Gasteiger partial charge in [0, 0.05) is 25.3 Å². The van der Waals surface area contributed by atoms with Crippen molar-refractivity contribution in [1.29, 1.82) is 0 Å². The van der Waals surface area contributed by atoms with Crippen molar-refractivity contribution >= 4 is 34.6 Å². The number of benzene rings is 1. The van der Waals surface area contributed by atoms with E-state index >= 15 is 0 Å². The van der Waals surface area contributed by atoms with Gasteiger partial charge in [-0.05, 0) is 56.3 Å². The first-order valence-corrected chi connectivity index (χ1v) is 9.18. The molecule has 25 heavy (non-hydrogen) atoms. The quantitative estimate of drug-likeness (QED) is 0.627. The molecule has 0 radical (unpaired) electrons. The molecule has 0 amide bonds. The number of amidine groups is 1. The highest BCUT2D eigenvalue weighted by Crippen LogP contribution is 2.17. The van der Waals surface area contributed by atoms with E-state index in [0.717, 1.165) is 37.6 Å². The zero-order chi connectivity index (χ0) is 17.6. The molecule has 1 N–H and O–H groups in total. The topological polar surface area (TPSA) is 40.0 Å². The lowest BCUT2D eigenvalue weighted by Crippen LogP contribution is -2.42. The van der Waals surface area contributed by atoms with Gasteiger partial charge in [-0.2, -0.15) is 0 Å². The van der Waals surface area contributed by atoms with Gasteiger partial charge in [-0.3, -0.25) is 4.99 Å². The molecule has 0 saturated carbocycles. The summed E-state index contributed by atoms with van der Waals surface area (Å²) in [4.78, 5) is 11.5. The van der Waals surface area contributed by atoms with E-state index in [-0.39, 0.29) is 5.92 Å². The molecule has 130 valence electrons. The molecule has 1 atom stereocenters. The van der Waals surface area contributed by atoms with E-state index < -0.39 is 0 Å². The maximum atomic E-state index is 5.22. The summed E-state index contributed by atoms with van der Waals surface area (Å²) in [6, 6.07) is 8.65. The molecule has 1 aliphatic heterocycles. The second-order valence-corrected chi connectivity index (χ2v) is 6.61. The molecule has 2 aliphatic rings. The Balaban J connectivity index is 1.59. The van der Waals surface area contributed by atoms with Gasteiger partial charge in [0.05, 0.1) is 11.6 Å². The molecule has 0 spiro atoms. The Bertz CT molecular complexity index is 761. The van der Waals surface area contributed by atoms with E-state index in [4.69, 9.17) is 17.2 Å². The van der Waals surface area contributed by atoms with E-state index in [1.165, 1.54) is 11.3 Å². The van der Waals surface area contributed by atoms with E-state index in [1.54, 1.807) is 0 Å². The van der Waals surface area contributed by atoms with E-state index in [0.29, 0.717) is 5.11 Å². The molecule has 0 saturated heterocycles. The monoisotopic (exact) mass is 352 g/mol. The zero-order valence-corrected chi connectivity index (χ0v) is 15.6. The summed E-state index contributed by atoms with van der Waals surface area (Å²) < 4.78 is 0. The number of rotatable bonds is 6. The van der Waals surface area contributed by atoms with Crippen LogP contribution in [0, 0.1) is 12.8 Å². The third-order valence-corrected chi connectivity index (χ3v) is 4.57. The molecule has 4 nitrogen and oxygen atoms in total. The Hall–Kier alpha value is -2.27. The van der Waals surface area contributed by atoms with Crippen LogP contribution in [0.2, 0.25) is 0 Å². The normalized spacial score (nSPS) is 20.2. The predicted molar refractivity (Wildman–Crippen MR) is 111 cm³/mol. The van der Waals surface area contributed by atoms with Gasteiger partial charge in [0.25, 0.3) is 0 Å². The van der Waals surface area contributed by atoms with Crippen molar-refractivity contribution in [2.45, 2.75) is 20.3 Å². The molecule has 1 aromatic carbocycles. The Labute approximate surface area is 155 Å². The van der Waals surface area contributed by atoms with Gasteiger partial charge in [-0.15, -0.1) is 0 Å². The first kappa shape index (κ1) is 17.5. The van der Waals surface area contributed by atoms with E-state index in [9.17, 15) is 0 Å². The SMILES string of the molecule is CCN(CCCN=C1NC(=S)N=C2C=CC=CC21)c1cccc(C)c1. The summed E-state index contributed by atoms with van der Waals surface area (Å²) in [5.74, 6) is 1.02. The van der Waals surface area contributed by atoms with Gasteiger partial charge in [-0.1, -0.05) is 30.4 Å². The molecule has 1 aliphatic carbocycles. The van der Waals surface area contributed by atoms with E-state index in [1.807, 2.05) is 18.2 Å². The summed E-state index contributed by atoms with van der Waals surface area (Å²) in [6.07, 6.45) is 9.13. The van der Waals surface area contributed by atoms with Crippen LogP contribution >= 0.6 is 12.2 Å². The van der Waals surface area contributed by atoms with Crippen LogP contribution in [0.25, 0.3) is 0 Å². The lowest BCUT2D eigenvalue weighted by Gasteiger charge is -2.25. The summed E-state index contributed by atoms with van der Waals surface area (Å²) >= 11 is 5.22. The Morgan fingerprint density at radius 2 is 2.20 bits per heavy atom. The smallest absolute Gasteiger partial charge is 0.198 e. The standard InChI is InChI=1S/C20H24N4S/c1-3-24(16-9-6-8-15(2)14-16)13-7-12-21-19-17-10-4-5-11-18(17)22-20(25)23-19/h4-6,8-11,14,17H,3,7,12-13H2,1-2H3,(H,21,23,25). The molecule has 3 rings (SSSR count). The van der Waals surface area contributed by atoms with Crippen molar-refractivity contribution in [2.24, 2.45) is 15.9 Å². The molecule has 1 unspecified atom stereocenters. The van der Waals surface area contributed by atoms with Crippen molar-refractivity contribution in [1.82, 2.24) is 5.32 Å². The Morgan fingerprint density at radius 1 is 1.32 bits per heavy atom. The van der Waals surface area contributed by atoms with Gasteiger partial charge in [0.1, 0.15) is 5.84 Å². The number of nitrogens with zero attached hydrogens (tertiary/aromatic N) is 3. The number of nitrogens with one attached hydrogen (secondary N) is 1. The molecular formula is C20H24N4S. The number of thiocarbonyl (C=S) groups is 1. The largest absolute Gasteiger partial charge is 0.372 e. The van der Waals surface area contributed by atoms with Gasteiger partial charge >= 0.3 is 0 Å². The molecule has 1 heterocycles. The van der Waals surface area contributed by atoms with Crippen LogP contribution in [0.1, 0.15) is 18.9 Å². The lowest BCUT2D eigenvalue weighted by atomic mass is 9.96. The Morgan fingerprint density at radius 3 is 3.00 bits per heavy atom. The molecular weight excluding hydrogens is 328 g/mol. The average molecular weight is 353 g/mol. The van der Waals surface area contributed by atoms with Crippen LogP contribution in [-0.4, -0.2) is 36.3 Å². The minimum atomic E-state index is 0.107. The molecule has 0 bridgehead atoms. The summed E-state index contributed by atoms with van der Waals surface area (Å²) in [6.45, 7) is 7.08. The van der Waals surface area contributed by atoms with Gasteiger partial charge in [0.2, 0.25) is 0 Å². The third kappa shape index (κ3) is 4.42. The van der Waals surface area contributed by atoms with Crippen molar-refractivity contribution < 1.29 is 0 Å². The van der Waals surface area contributed by atoms with Crippen molar-refractivity contribution in [3.63, 3.8) is 0 Å². The summed E-state index contributed by atoms with van der Waals surface area (Å²) in [5, 5.41) is 3.65. The number of hydrogen-bond donors (Lipinski definition) is 1. The van der Waals surface area contributed by atoms with Gasteiger partial charge < -0.3 is 10.2 Å². The van der Waals surface area contributed by atoms with Gasteiger partial charge in [-0.25, -0.2) is 4.99 Å². The maximum absolute atomic E-state index is 5.22. The molecule has 0 aromatic heterocycles. The first-order valence-electron chi connectivity index (χ1n) is 8.78. The van der Waals surface area contributed by atoms with Crippen LogP contribution in [-0.2, 0) is 0 Å². The van der Waals surface area contributed by atoms with Gasteiger partial charge in [0.15, 0.2) is 5.11 Å². The number of anilines is 1. The highest BCUT2D eigenvalue weighted by atomic mass is 32.1. The second-order valence-electron chi connectivity index (χ2n) is 6.23. The van der Waals surface area contributed by atoms with Crippen LogP contribution in [0.5, 0.6) is 0 Å². The first-order chi connectivity index (χ1) is 12.2. The Kier molecular flexibility index (Phi) is 5.76. The number of aliphatic imine (C=N–C) groups is 2.